The monoisotopic (exact) mass is 288 g/mol. The Morgan fingerprint density at radius 1 is 1.50 bits per heavy atom. The second-order valence-corrected chi connectivity index (χ2v) is 4.77. The Kier molecular flexibility index (Phi) is 5.07. The third kappa shape index (κ3) is 2.63. The van der Waals surface area contributed by atoms with Crippen molar-refractivity contribution < 1.29 is 9.18 Å². The van der Waals surface area contributed by atoms with Gasteiger partial charge < -0.3 is 11.1 Å². The number of amides is 1. The fraction of sp³-hybridized carbons (Fsp3) is 0.250. The van der Waals surface area contributed by atoms with Crippen LogP contribution in [0.5, 0.6) is 0 Å². The minimum atomic E-state index is -0.283. The minimum absolute atomic E-state index is 0. The summed E-state index contributed by atoms with van der Waals surface area (Å²) in [7, 11) is 0. The van der Waals surface area contributed by atoms with Gasteiger partial charge in [-0.15, -0.1) is 23.7 Å². The van der Waals surface area contributed by atoms with Crippen LogP contribution in [0.25, 0.3) is 10.1 Å². The van der Waals surface area contributed by atoms with E-state index in [1.165, 1.54) is 17.4 Å². The Morgan fingerprint density at radius 2 is 2.22 bits per heavy atom. The predicted octanol–water partition coefficient (Wildman–Crippen LogP) is 2.46. The molecule has 0 aliphatic heterocycles. The zero-order valence-electron chi connectivity index (χ0n) is 9.83. The molecule has 0 fully saturated rings. The topological polar surface area (TPSA) is 55.1 Å². The summed E-state index contributed by atoms with van der Waals surface area (Å²) in [4.78, 5) is 12.4. The SMILES string of the molecule is Cc1c(C(=O)NCCN)sc2cccc(F)c12.Cl. The molecule has 18 heavy (non-hydrogen) atoms. The van der Waals surface area contributed by atoms with Crippen molar-refractivity contribution in [3.05, 3.63) is 34.5 Å². The maximum Gasteiger partial charge on any atom is 0.261 e. The molecule has 0 aliphatic carbocycles. The van der Waals surface area contributed by atoms with E-state index in [2.05, 4.69) is 5.32 Å². The molecule has 3 nitrogen and oxygen atoms in total. The molecule has 0 radical (unpaired) electrons. The second-order valence-electron chi connectivity index (χ2n) is 3.71. The Bertz CT molecular complexity index is 570. The van der Waals surface area contributed by atoms with Crippen LogP contribution in [-0.4, -0.2) is 19.0 Å². The van der Waals surface area contributed by atoms with Gasteiger partial charge in [-0.2, -0.15) is 0 Å². The Balaban J connectivity index is 0.00000162. The molecule has 0 unspecified atom stereocenters. The Labute approximate surface area is 115 Å². The van der Waals surface area contributed by atoms with Gasteiger partial charge in [0.25, 0.3) is 5.91 Å². The maximum atomic E-state index is 13.6. The molecule has 2 aromatic rings. The van der Waals surface area contributed by atoms with Gasteiger partial charge in [0.15, 0.2) is 0 Å². The molecule has 1 heterocycles. The predicted molar refractivity (Wildman–Crippen MR) is 75.2 cm³/mol. The zero-order chi connectivity index (χ0) is 12.4. The largest absolute Gasteiger partial charge is 0.350 e. The van der Waals surface area contributed by atoms with Gasteiger partial charge in [-0.05, 0) is 24.6 Å². The number of carbonyl (C=O) groups is 1. The summed E-state index contributed by atoms with van der Waals surface area (Å²) in [6, 6.07) is 4.87. The molecule has 1 aromatic heterocycles. The van der Waals surface area contributed by atoms with Gasteiger partial charge in [0.1, 0.15) is 5.82 Å². The highest BCUT2D eigenvalue weighted by molar-refractivity contribution is 7.21. The van der Waals surface area contributed by atoms with E-state index in [9.17, 15) is 9.18 Å². The van der Waals surface area contributed by atoms with Gasteiger partial charge in [0.05, 0.1) is 4.88 Å². The third-order valence-corrected chi connectivity index (χ3v) is 3.79. The molecule has 2 rings (SSSR count). The first-order valence-electron chi connectivity index (χ1n) is 5.31. The van der Waals surface area contributed by atoms with E-state index in [4.69, 9.17) is 5.73 Å². The molecule has 1 amide bonds. The first-order valence-corrected chi connectivity index (χ1v) is 6.12. The lowest BCUT2D eigenvalue weighted by molar-refractivity contribution is 0.0958. The summed E-state index contributed by atoms with van der Waals surface area (Å²) in [6.45, 7) is 2.58. The summed E-state index contributed by atoms with van der Waals surface area (Å²) in [5, 5.41) is 3.23. The first-order chi connectivity index (χ1) is 8.15. The smallest absolute Gasteiger partial charge is 0.261 e. The third-order valence-electron chi connectivity index (χ3n) is 2.54. The summed E-state index contributed by atoms with van der Waals surface area (Å²) in [5.74, 6) is -0.470. The van der Waals surface area contributed by atoms with Crippen LogP contribution in [-0.2, 0) is 0 Å². The van der Waals surface area contributed by atoms with E-state index in [0.29, 0.717) is 28.9 Å². The molecule has 98 valence electrons. The van der Waals surface area contributed by atoms with Gasteiger partial charge >= 0.3 is 0 Å². The molecule has 0 saturated carbocycles. The minimum Gasteiger partial charge on any atom is -0.350 e. The van der Waals surface area contributed by atoms with Crippen molar-refractivity contribution in [2.75, 3.05) is 13.1 Å². The average Bonchev–Trinajstić information content (AvgIpc) is 2.65. The van der Waals surface area contributed by atoms with E-state index in [0.717, 1.165) is 4.70 Å². The molecule has 1 aromatic carbocycles. The summed E-state index contributed by atoms with van der Waals surface area (Å²) < 4.78 is 14.4. The number of nitrogens with two attached hydrogens (primary N) is 1. The van der Waals surface area contributed by atoms with Crippen LogP contribution in [0.3, 0.4) is 0 Å². The van der Waals surface area contributed by atoms with E-state index in [1.807, 2.05) is 6.07 Å². The number of nitrogens with one attached hydrogen (secondary N) is 1. The quantitative estimate of drug-likeness (QED) is 0.911. The fourth-order valence-corrected chi connectivity index (χ4v) is 2.88. The number of benzene rings is 1. The van der Waals surface area contributed by atoms with Crippen LogP contribution in [0.4, 0.5) is 4.39 Å². The van der Waals surface area contributed by atoms with Crippen molar-refractivity contribution >= 4 is 39.7 Å². The van der Waals surface area contributed by atoms with Crippen molar-refractivity contribution in [2.24, 2.45) is 5.73 Å². The molecule has 0 saturated heterocycles. The molecule has 0 bridgehead atoms. The Hall–Kier alpha value is -1.17. The van der Waals surface area contributed by atoms with Crippen LogP contribution in [0.1, 0.15) is 15.2 Å². The highest BCUT2D eigenvalue weighted by atomic mass is 35.5. The molecular formula is C12H14ClFN2OS. The highest BCUT2D eigenvalue weighted by Crippen LogP contribution is 2.32. The molecule has 0 aliphatic rings. The van der Waals surface area contributed by atoms with Crippen LogP contribution in [0, 0.1) is 12.7 Å². The molecule has 3 N–H and O–H groups in total. The van der Waals surface area contributed by atoms with Crippen LogP contribution < -0.4 is 11.1 Å². The number of thiophene rings is 1. The average molecular weight is 289 g/mol. The van der Waals surface area contributed by atoms with Crippen molar-refractivity contribution in [2.45, 2.75) is 6.92 Å². The van der Waals surface area contributed by atoms with Gasteiger partial charge in [0, 0.05) is 23.2 Å². The van der Waals surface area contributed by atoms with Gasteiger partial charge in [0.2, 0.25) is 0 Å². The van der Waals surface area contributed by atoms with E-state index >= 15 is 0 Å². The van der Waals surface area contributed by atoms with Crippen molar-refractivity contribution in [3.63, 3.8) is 0 Å². The van der Waals surface area contributed by atoms with Crippen molar-refractivity contribution in [1.82, 2.24) is 5.32 Å². The standard InChI is InChI=1S/C12H13FN2OS.ClH/c1-7-10-8(13)3-2-4-9(10)17-11(7)12(16)15-6-5-14;/h2-4H,5-6,14H2,1H3,(H,15,16);1H. The van der Waals surface area contributed by atoms with Crippen LogP contribution in [0.15, 0.2) is 18.2 Å². The molecule has 6 heteroatoms. The number of hydrogen-bond donors (Lipinski definition) is 2. The van der Waals surface area contributed by atoms with E-state index < -0.39 is 0 Å². The second kappa shape index (κ2) is 6.13. The number of hydrogen-bond acceptors (Lipinski definition) is 3. The number of halogens is 2. The number of carbonyl (C=O) groups excluding carboxylic acids is 1. The van der Waals surface area contributed by atoms with Crippen LogP contribution >= 0.6 is 23.7 Å². The Morgan fingerprint density at radius 3 is 2.83 bits per heavy atom. The summed E-state index contributed by atoms with van der Waals surface area (Å²) >= 11 is 1.30. The number of rotatable bonds is 3. The van der Waals surface area contributed by atoms with E-state index in [-0.39, 0.29) is 24.1 Å². The number of fused-ring (bicyclic) bond motifs is 1. The molecule has 0 atom stereocenters. The van der Waals surface area contributed by atoms with Crippen molar-refractivity contribution in [1.29, 1.82) is 0 Å². The lowest BCUT2D eigenvalue weighted by Crippen LogP contribution is -2.28. The maximum absolute atomic E-state index is 13.6. The summed E-state index contributed by atoms with van der Waals surface area (Å²) in [6.07, 6.45) is 0. The van der Waals surface area contributed by atoms with Gasteiger partial charge in [-0.3, -0.25) is 4.79 Å². The first kappa shape index (κ1) is 14.9. The van der Waals surface area contributed by atoms with Gasteiger partial charge in [-0.25, -0.2) is 4.39 Å². The molecule has 0 spiro atoms. The van der Waals surface area contributed by atoms with E-state index in [1.54, 1.807) is 13.0 Å². The fourth-order valence-electron chi connectivity index (χ4n) is 1.74. The zero-order valence-corrected chi connectivity index (χ0v) is 11.5. The van der Waals surface area contributed by atoms with Crippen molar-refractivity contribution in [3.8, 4) is 0 Å². The van der Waals surface area contributed by atoms with Crippen LogP contribution in [0.2, 0.25) is 0 Å². The molecular weight excluding hydrogens is 275 g/mol. The number of aryl methyl sites for hydroxylation is 1. The lowest BCUT2D eigenvalue weighted by atomic mass is 10.1. The lowest BCUT2D eigenvalue weighted by Gasteiger charge is -2.01. The normalized spacial score (nSPS) is 10.2. The van der Waals surface area contributed by atoms with Gasteiger partial charge in [-0.1, -0.05) is 6.07 Å². The summed E-state index contributed by atoms with van der Waals surface area (Å²) in [5.41, 5.74) is 6.01. The highest BCUT2D eigenvalue weighted by Gasteiger charge is 2.16.